The summed E-state index contributed by atoms with van der Waals surface area (Å²) in [6, 6.07) is 6.60. The summed E-state index contributed by atoms with van der Waals surface area (Å²) in [6.45, 7) is 3.71. The topological polar surface area (TPSA) is 78.9 Å². The van der Waals surface area contributed by atoms with Crippen LogP contribution in [0.1, 0.15) is 30.1 Å². The number of amides is 1. The molecular formula is C16H22N2O4. The quantitative estimate of drug-likeness (QED) is 0.801. The monoisotopic (exact) mass is 306 g/mol. The van der Waals surface area contributed by atoms with Crippen molar-refractivity contribution in [2.24, 2.45) is 0 Å². The van der Waals surface area contributed by atoms with Crippen LogP contribution >= 0.6 is 0 Å². The van der Waals surface area contributed by atoms with Gasteiger partial charge in [-0.25, -0.2) is 4.79 Å². The van der Waals surface area contributed by atoms with E-state index in [0.717, 1.165) is 19.4 Å². The lowest BCUT2D eigenvalue weighted by molar-refractivity contribution is -0.118. The lowest BCUT2D eigenvalue weighted by Crippen LogP contribution is -2.42. The normalized spacial score (nSPS) is 18.7. The number of piperidine rings is 1. The second-order valence-corrected chi connectivity index (χ2v) is 5.38. The molecule has 0 spiro atoms. The summed E-state index contributed by atoms with van der Waals surface area (Å²) < 4.78 is 4.90. The molecule has 6 heteroatoms. The molecule has 6 nitrogen and oxygen atoms in total. The number of esters is 1. The number of anilines is 1. The van der Waals surface area contributed by atoms with Gasteiger partial charge in [0.15, 0.2) is 0 Å². The molecule has 1 fully saturated rings. The van der Waals surface area contributed by atoms with Crippen molar-refractivity contribution in [1.29, 1.82) is 0 Å². The summed E-state index contributed by atoms with van der Waals surface area (Å²) in [5, 5.41) is 12.4. The Morgan fingerprint density at radius 3 is 2.73 bits per heavy atom. The summed E-state index contributed by atoms with van der Waals surface area (Å²) in [7, 11) is 0. The van der Waals surface area contributed by atoms with E-state index in [4.69, 9.17) is 4.74 Å². The maximum atomic E-state index is 12.0. The van der Waals surface area contributed by atoms with Crippen LogP contribution in [0.5, 0.6) is 0 Å². The van der Waals surface area contributed by atoms with Crippen LogP contribution in [-0.2, 0) is 9.53 Å². The average Bonchev–Trinajstić information content (AvgIpc) is 2.48. The molecule has 1 unspecified atom stereocenters. The first-order valence-corrected chi connectivity index (χ1v) is 7.56. The predicted octanol–water partition coefficient (Wildman–Crippen LogP) is 1.26. The number of carbonyl (C=O) groups excluding carboxylic acids is 2. The molecule has 2 rings (SSSR count). The second-order valence-electron chi connectivity index (χ2n) is 5.38. The summed E-state index contributed by atoms with van der Waals surface area (Å²) in [5.74, 6) is -0.499. The Labute approximate surface area is 130 Å². The largest absolute Gasteiger partial charge is 0.462 e. The van der Waals surface area contributed by atoms with Gasteiger partial charge in [0.25, 0.3) is 0 Å². The minimum atomic E-state index is -0.373. The zero-order chi connectivity index (χ0) is 15.9. The highest BCUT2D eigenvalue weighted by atomic mass is 16.5. The number of hydrogen-bond acceptors (Lipinski definition) is 5. The van der Waals surface area contributed by atoms with E-state index >= 15 is 0 Å². The number of carbonyl (C=O) groups is 2. The molecule has 1 saturated heterocycles. The van der Waals surface area contributed by atoms with Crippen LogP contribution in [-0.4, -0.2) is 54.2 Å². The van der Waals surface area contributed by atoms with Crippen LogP contribution in [0.2, 0.25) is 0 Å². The van der Waals surface area contributed by atoms with Gasteiger partial charge in [-0.2, -0.15) is 0 Å². The van der Waals surface area contributed by atoms with Gasteiger partial charge in [0, 0.05) is 12.2 Å². The average molecular weight is 306 g/mol. The Morgan fingerprint density at radius 2 is 2.09 bits per heavy atom. The van der Waals surface area contributed by atoms with E-state index in [1.165, 1.54) is 0 Å². The maximum Gasteiger partial charge on any atom is 0.338 e. The summed E-state index contributed by atoms with van der Waals surface area (Å²) in [5.41, 5.74) is 1.09. The molecule has 0 bridgehead atoms. The third-order valence-electron chi connectivity index (χ3n) is 3.53. The van der Waals surface area contributed by atoms with E-state index in [1.54, 1.807) is 31.2 Å². The second kappa shape index (κ2) is 7.91. The fourth-order valence-corrected chi connectivity index (χ4v) is 2.48. The van der Waals surface area contributed by atoms with Gasteiger partial charge < -0.3 is 15.2 Å². The van der Waals surface area contributed by atoms with Gasteiger partial charge in [-0.1, -0.05) is 0 Å². The Kier molecular flexibility index (Phi) is 5.91. The maximum absolute atomic E-state index is 12.0. The zero-order valence-electron chi connectivity index (χ0n) is 12.7. The SMILES string of the molecule is CCOC(=O)c1ccc(NC(=O)CN2CCCC(O)C2)cc1. The van der Waals surface area contributed by atoms with E-state index in [9.17, 15) is 14.7 Å². The Hall–Kier alpha value is -1.92. The first-order valence-electron chi connectivity index (χ1n) is 7.56. The van der Waals surface area contributed by atoms with Crippen molar-refractivity contribution < 1.29 is 19.4 Å². The molecule has 1 amide bonds. The molecule has 1 heterocycles. The summed E-state index contributed by atoms with van der Waals surface area (Å²) in [6.07, 6.45) is 1.36. The molecule has 0 aliphatic carbocycles. The van der Waals surface area contributed by atoms with Crippen molar-refractivity contribution in [3.63, 3.8) is 0 Å². The molecule has 0 radical (unpaired) electrons. The lowest BCUT2D eigenvalue weighted by atomic mass is 10.1. The van der Waals surface area contributed by atoms with Crippen molar-refractivity contribution in [3.05, 3.63) is 29.8 Å². The van der Waals surface area contributed by atoms with Gasteiger partial charge in [0.2, 0.25) is 5.91 Å². The number of aliphatic hydroxyl groups is 1. The van der Waals surface area contributed by atoms with Crippen molar-refractivity contribution in [2.75, 3.05) is 31.6 Å². The fourth-order valence-electron chi connectivity index (χ4n) is 2.48. The van der Waals surface area contributed by atoms with E-state index in [1.807, 2.05) is 4.90 Å². The number of hydrogen-bond donors (Lipinski definition) is 2. The van der Waals surface area contributed by atoms with Crippen molar-refractivity contribution in [2.45, 2.75) is 25.9 Å². The van der Waals surface area contributed by atoms with E-state index < -0.39 is 0 Å². The number of nitrogens with one attached hydrogen (secondary N) is 1. The minimum Gasteiger partial charge on any atom is -0.462 e. The van der Waals surface area contributed by atoms with Gasteiger partial charge in [-0.05, 0) is 50.6 Å². The van der Waals surface area contributed by atoms with Gasteiger partial charge in [-0.15, -0.1) is 0 Å². The van der Waals surface area contributed by atoms with Gasteiger partial charge >= 0.3 is 5.97 Å². The molecule has 0 aromatic heterocycles. The minimum absolute atomic E-state index is 0.127. The Morgan fingerprint density at radius 1 is 1.36 bits per heavy atom. The molecule has 2 N–H and O–H groups in total. The van der Waals surface area contributed by atoms with Crippen molar-refractivity contribution >= 4 is 17.6 Å². The number of nitrogens with zero attached hydrogens (tertiary/aromatic N) is 1. The van der Waals surface area contributed by atoms with Crippen LogP contribution in [0, 0.1) is 0 Å². The number of rotatable bonds is 5. The van der Waals surface area contributed by atoms with E-state index in [0.29, 0.717) is 24.4 Å². The molecule has 22 heavy (non-hydrogen) atoms. The first-order chi connectivity index (χ1) is 10.6. The molecule has 1 aromatic rings. The number of aliphatic hydroxyl groups excluding tert-OH is 1. The molecule has 0 saturated carbocycles. The fraction of sp³-hybridized carbons (Fsp3) is 0.500. The van der Waals surface area contributed by atoms with Crippen LogP contribution < -0.4 is 5.32 Å². The van der Waals surface area contributed by atoms with Gasteiger partial charge in [0.1, 0.15) is 0 Å². The number of ether oxygens (including phenoxy) is 1. The summed E-state index contributed by atoms with van der Waals surface area (Å²) in [4.78, 5) is 25.5. The van der Waals surface area contributed by atoms with Crippen LogP contribution in [0.25, 0.3) is 0 Å². The van der Waals surface area contributed by atoms with Crippen molar-refractivity contribution in [1.82, 2.24) is 4.90 Å². The molecule has 120 valence electrons. The third-order valence-corrected chi connectivity index (χ3v) is 3.53. The third kappa shape index (κ3) is 4.82. The smallest absolute Gasteiger partial charge is 0.338 e. The Bertz CT molecular complexity index is 515. The number of likely N-dealkylation sites (tertiary alicyclic amines) is 1. The predicted molar refractivity (Wildman–Crippen MR) is 82.7 cm³/mol. The number of β-amino-alcohol motifs (C(OH)–C–C–N with tert-alkyl or cyclic N) is 1. The van der Waals surface area contributed by atoms with Gasteiger partial charge in [0.05, 0.1) is 24.8 Å². The molecule has 1 aromatic carbocycles. The van der Waals surface area contributed by atoms with Crippen LogP contribution in [0.15, 0.2) is 24.3 Å². The standard InChI is InChI=1S/C16H22N2O4/c1-2-22-16(21)12-5-7-13(8-6-12)17-15(20)11-18-9-3-4-14(19)10-18/h5-8,14,19H,2-4,9-11H2,1H3,(H,17,20). The number of benzene rings is 1. The van der Waals surface area contributed by atoms with E-state index in [2.05, 4.69) is 5.32 Å². The van der Waals surface area contributed by atoms with Crippen LogP contribution in [0.4, 0.5) is 5.69 Å². The zero-order valence-corrected chi connectivity index (χ0v) is 12.7. The first kappa shape index (κ1) is 16.5. The van der Waals surface area contributed by atoms with E-state index in [-0.39, 0.29) is 24.5 Å². The Balaban J connectivity index is 1.85. The molecule has 1 aliphatic heterocycles. The highest BCUT2D eigenvalue weighted by Crippen LogP contribution is 2.12. The highest BCUT2D eigenvalue weighted by Gasteiger charge is 2.19. The lowest BCUT2D eigenvalue weighted by Gasteiger charge is -2.29. The molecule has 1 atom stereocenters. The highest BCUT2D eigenvalue weighted by molar-refractivity contribution is 5.94. The van der Waals surface area contributed by atoms with Crippen LogP contribution in [0.3, 0.4) is 0 Å². The van der Waals surface area contributed by atoms with Gasteiger partial charge in [-0.3, -0.25) is 9.69 Å². The molecular weight excluding hydrogens is 284 g/mol. The molecule has 1 aliphatic rings. The van der Waals surface area contributed by atoms with Crippen molar-refractivity contribution in [3.8, 4) is 0 Å². The summed E-state index contributed by atoms with van der Waals surface area (Å²) >= 11 is 0.